The summed E-state index contributed by atoms with van der Waals surface area (Å²) in [6, 6.07) is 13.0. The third-order valence-electron chi connectivity index (χ3n) is 3.33. The van der Waals surface area contributed by atoms with E-state index in [1.165, 1.54) is 12.1 Å². The summed E-state index contributed by atoms with van der Waals surface area (Å²) in [5.41, 5.74) is 7.03. The number of rotatable bonds is 4. The standard InChI is InChI=1S/C16H16ClFN2O/c1-10(15(19)11-5-3-2-4-6-11)16(21)20-14-8-7-12(17)9-13(14)18/h2-10,15H,19H2,1H3,(H,20,21). The molecule has 21 heavy (non-hydrogen) atoms. The third kappa shape index (κ3) is 3.80. The van der Waals surface area contributed by atoms with Gasteiger partial charge in [0.15, 0.2) is 0 Å². The van der Waals surface area contributed by atoms with Crippen LogP contribution in [0.2, 0.25) is 5.02 Å². The summed E-state index contributed by atoms with van der Waals surface area (Å²) in [7, 11) is 0. The van der Waals surface area contributed by atoms with Crippen molar-refractivity contribution in [2.45, 2.75) is 13.0 Å². The number of amides is 1. The van der Waals surface area contributed by atoms with Gasteiger partial charge in [-0.2, -0.15) is 0 Å². The fourth-order valence-corrected chi connectivity index (χ4v) is 2.12. The Hall–Kier alpha value is -1.91. The van der Waals surface area contributed by atoms with Gasteiger partial charge in [-0.3, -0.25) is 4.79 Å². The maximum Gasteiger partial charge on any atom is 0.229 e. The average molecular weight is 307 g/mol. The number of hydrogen-bond donors (Lipinski definition) is 2. The molecule has 2 aromatic rings. The summed E-state index contributed by atoms with van der Waals surface area (Å²) < 4.78 is 13.7. The van der Waals surface area contributed by atoms with E-state index in [2.05, 4.69) is 5.32 Å². The topological polar surface area (TPSA) is 55.1 Å². The Bertz CT molecular complexity index is 633. The first-order valence-corrected chi connectivity index (χ1v) is 6.93. The molecule has 2 atom stereocenters. The van der Waals surface area contributed by atoms with Gasteiger partial charge in [-0.25, -0.2) is 4.39 Å². The van der Waals surface area contributed by atoms with Gasteiger partial charge in [0.2, 0.25) is 5.91 Å². The van der Waals surface area contributed by atoms with E-state index in [-0.39, 0.29) is 16.6 Å². The SMILES string of the molecule is CC(C(=O)Nc1ccc(Cl)cc1F)C(N)c1ccccc1. The number of carbonyl (C=O) groups is 1. The van der Waals surface area contributed by atoms with Gasteiger partial charge in [0.1, 0.15) is 5.82 Å². The van der Waals surface area contributed by atoms with E-state index < -0.39 is 17.8 Å². The van der Waals surface area contributed by atoms with Crippen LogP contribution in [0.25, 0.3) is 0 Å². The van der Waals surface area contributed by atoms with Crippen LogP contribution in [0.1, 0.15) is 18.5 Å². The van der Waals surface area contributed by atoms with Crippen molar-refractivity contribution in [1.29, 1.82) is 0 Å². The number of nitrogens with two attached hydrogens (primary N) is 1. The predicted molar refractivity (Wildman–Crippen MR) is 82.6 cm³/mol. The minimum absolute atomic E-state index is 0.0940. The average Bonchev–Trinajstić information content (AvgIpc) is 2.49. The lowest BCUT2D eigenvalue weighted by molar-refractivity contribution is -0.120. The molecule has 2 rings (SSSR count). The highest BCUT2D eigenvalue weighted by molar-refractivity contribution is 6.30. The van der Waals surface area contributed by atoms with E-state index in [0.717, 1.165) is 11.6 Å². The second-order valence-corrected chi connectivity index (χ2v) is 5.27. The Morgan fingerprint density at radius 3 is 2.52 bits per heavy atom. The lowest BCUT2D eigenvalue weighted by Gasteiger charge is -2.20. The van der Waals surface area contributed by atoms with E-state index >= 15 is 0 Å². The fourth-order valence-electron chi connectivity index (χ4n) is 1.96. The van der Waals surface area contributed by atoms with Crippen LogP contribution in [-0.2, 0) is 4.79 Å². The minimum atomic E-state index is -0.573. The first-order valence-electron chi connectivity index (χ1n) is 6.55. The summed E-state index contributed by atoms with van der Waals surface area (Å²) in [5.74, 6) is -1.41. The maximum atomic E-state index is 13.7. The highest BCUT2D eigenvalue weighted by Gasteiger charge is 2.22. The Morgan fingerprint density at radius 2 is 1.90 bits per heavy atom. The van der Waals surface area contributed by atoms with E-state index in [4.69, 9.17) is 17.3 Å². The molecule has 0 saturated carbocycles. The molecule has 0 heterocycles. The molecule has 2 aromatic carbocycles. The highest BCUT2D eigenvalue weighted by atomic mass is 35.5. The maximum absolute atomic E-state index is 13.7. The number of benzene rings is 2. The van der Waals surface area contributed by atoms with Crippen LogP contribution < -0.4 is 11.1 Å². The molecule has 3 nitrogen and oxygen atoms in total. The third-order valence-corrected chi connectivity index (χ3v) is 3.56. The molecule has 0 aliphatic rings. The lowest BCUT2D eigenvalue weighted by Crippen LogP contribution is -2.30. The molecule has 0 aromatic heterocycles. The van der Waals surface area contributed by atoms with Crippen molar-refractivity contribution in [2.75, 3.05) is 5.32 Å². The van der Waals surface area contributed by atoms with Crippen LogP contribution in [0.3, 0.4) is 0 Å². The molecule has 3 N–H and O–H groups in total. The molecule has 0 fully saturated rings. The van der Waals surface area contributed by atoms with Crippen molar-refractivity contribution >= 4 is 23.2 Å². The molecule has 0 aliphatic carbocycles. The van der Waals surface area contributed by atoms with Crippen LogP contribution in [0.4, 0.5) is 10.1 Å². The van der Waals surface area contributed by atoms with Crippen molar-refractivity contribution in [3.8, 4) is 0 Å². The van der Waals surface area contributed by atoms with Crippen LogP contribution in [0.15, 0.2) is 48.5 Å². The molecule has 5 heteroatoms. The van der Waals surface area contributed by atoms with Crippen molar-refractivity contribution in [3.05, 3.63) is 64.9 Å². The number of nitrogens with one attached hydrogen (secondary N) is 1. The van der Waals surface area contributed by atoms with E-state index in [1.54, 1.807) is 6.92 Å². The number of anilines is 1. The summed E-state index contributed by atoms with van der Waals surface area (Å²) in [6.45, 7) is 1.71. The first-order chi connectivity index (χ1) is 9.99. The summed E-state index contributed by atoms with van der Waals surface area (Å²) in [4.78, 5) is 12.2. The number of carbonyl (C=O) groups excluding carboxylic acids is 1. The zero-order valence-corrected chi connectivity index (χ0v) is 12.3. The molecule has 0 radical (unpaired) electrons. The quantitative estimate of drug-likeness (QED) is 0.903. The van der Waals surface area contributed by atoms with E-state index in [9.17, 15) is 9.18 Å². The van der Waals surface area contributed by atoms with Gasteiger partial charge in [0, 0.05) is 11.1 Å². The second-order valence-electron chi connectivity index (χ2n) is 4.84. The normalized spacial score (nSPS) is 13.5. The fraction of sp³-hybridized carbons (Fsp3) is 0.188. The van der Waals surface area contributed by atoms with Gasteiger partial charge >= 0.3 is 0 Å². The molecule has 0 saturated heterocycles. The molecule has 0 aliphatic heterocycles. The zero-order valence-electron chi connectivity index (χ0n) is 11.5. The summed E-state index contributed by atoms with van der Waals surface area (Å²) in [5, 5.41) is 2.81. The highest BCUT2D eigenvalue weighted by Crippen LogP contribution is 2.23. The first kappa shape index (κ1) is 15.5. The Kier molecular flexibility index (Phi) is 4.94. The Balaban J connectivity index is 2.09. The molecule has 110 valence electrons. The lowest BCUT2D eigenvalue weighted by atomic mass is 9.94. The largest absolute Gasteiger partial charge is 0.323 e. The zero-order chi connectivity index (χ0) is 15.4. The molecular weight excluding hydrogens is 291 g/mol. The van der Waals surface area contributed by atoms with Crippen molar-refractivity contribution in [1.82, 2.24) is 0 Å². The number of halogens is 2. The van der Waals surface area contributed by atoms with Crippen LogP contribution >= 0.6 is 11.6 Å². The second kappa shape index (κ2) is 6.70. The van der Waals surface area contributed by atoms with Crippen LogP contribution in [0, 0.1) is 11.7 Å². The van der Waals surface area contributed by atoms with Gasteiger partial charge in [-0.1, -0.05) is 48.9 Å². The van der Waals surface area contributed by atoms with Gasteiger partial charge in [-0.15, -0.1) is 0 Å². The summed E-state index contributed by atoms with van der Waals surface area (Å²) in [6.07, 6.45) is 0. The van der Waals surface area contributed by atoms with Gasteiger partial charge < -0.3 is 11.1 Å². The molecular formula is C16H16ClFN2O. The number of hydrogen-bond acceptors (Lipinski definition) is 2. The molecule has 0 spiro atoms. The monoisotopic (exact) mass is 306 g/mol. The summed E-state index contributed by atoms with van der Waals surface area (Å²) >= 11 is 5.67. The molecule has 1 amide bonds. The van der Waals surface area contributed by atoms with Gasteiger partial charge in [-0.05, 0) is 23.8 Å². The minimum Gasteiger partial charge on any atom is -0.323 e. The molecule has 2 unspecified atom stereocenters. The van der Waals surface area contributed by atoms with Crippen molar-refractivity contribution in [2.24, 2.45) is 11.7 Å². The Morgan fingerprint density at radius 1 is 1.24 bits per heavy atom. The van der Waals surface area contributed by atoms with E-state index in [1.807, 2.05) is 30.3 Å². The van der Waals surface area contributed by atoms with Crippen molar-refractivity contribution in [3.63, 3.8) is 0 Å². The van der Waals surface area contributed by atoms with Crippen molar-refractivity contribution < 1.29 is 9.18 Å². The van der Waals surface area contributed by atoms with Crippen LogP contribution in [-0.4, -0.2) is 5.91 Å². The predicted octanol–water partition coefficient (Wildman–Crippen LogP) is 3.75. The molecule has 0 bridgehead atoms. The van der Waals surface area contributed by atoms with Gasteiger partial charge in [0.25, 0.3) is 0 Å². The Labute approximate surface area is 127 Å². The van der Waals surface area contributed by atoms with E-state index in [0.29, 0.717) is 0 Å². The van der Waals surface area contributed by atoms with Gasteiger partial charge in [0.05, 0.1) is 11.6 Å². The smallest absolute Gasteiger partial charge is 0.229 e. The van der Waals surface area contributed by atoms with Crippen LogP contribution in [0.5, 0.6) is 0 Å².